The molecule has 78 valence electrons. The summed E-state index contributed by atoms with van der Waals surface area (Å²) in [7, 11) is -3.12. The first-order chi connectivity index (χ1) is 6.54. The van der Waals surface area contributed by atoms with E-state index in [4.69, 9.17) is 5.73 Å². The summed E-state index contributed by atoms with van der Waals surface area (Å²) in [6.07, 6.45) is 1.19. The molecule has 0 aliphatic rings. The van der Waals surface area contributed by atoms with Crippen molar-refractivity contribution in [2.24, 2.45) is 5.73 Å². The van der Waals surface area contributed by atoms with E-state index in [-0.39, 0.29) is 0 Å². The summed E-state index contributed by atoms with van der Waals surface area (Å²) < 4.78 is 22.4. The second-order valence-corrected chi connectivity index (χ2v) is 5.03. The molecule has 0 radical (unpaired) electrons. The van der Waals surface area contributed by atoms with Crippen LogP contribution < -0.4 is 11.1 Å². The lowest BCUT2D eigenvalue weighted by atomic mass is 10.3. The molecular formula is C9H14N2O2S. The first-order valence-corrected chi connectivity index (χ1v) is 6.17. The van der Waals surface area contributed by atoms with Gasteiger partial charge in [-0.3, -0.25) is 0 Å². The molecule has 0 bridgehead atoms. The third-order valence-corrected chi connectivity index (χ3v) is 2.85. The fourth-order valence-corrected chi connectivity index (χ4v) is 1.72. The molecule has 0 amide bonds. The van der Waals surface area contributed by atoms with Crippen LogP contribution >= 0.6 is 0 Å². The Bertz CT molecular complexity index is 401. The van der Waals surface area contributed by atoms with E-state index in [0.29, 0.717) is 18.0 Å². The molecule has 3 N–H and O–H groups in total. The fourth-order valence-electron chi connectivity index (χ4n) is 1.05. The van der Waals surface area contributed by atoms with Crippen molar-refractivity contribution >= 4 is 15.5 Å². The Morgan fingerprint density at radius 2 is 2.14 bits per heavy atom. The van der Waals surface area contributed by atoms with Crippen molar-refractivity contribution in [2.75, 3.05) is 24.7 Å². The molecule has 1 aromatic carbocycles. The van der Waals surface area contributed by atoms with Gasteiger partial charge in [0.15, 0.2) is 9.84 Å². The van der Waals surface area contributed by atoms with Crippen LogP contribution in [0, 0.1) is 0 Å². The molecule has 0 unspecified atom stereocenters. The van der Waals surface area contributed by atoms with Gasteiger partial charge in [-0.1, -0.05) is 6.07 Å². The number of sulfone groups is 1. The van der Waals surface area contributed by atoms with Crippen LogP contribution in [0.25, 0.3) is 0 Å². The normalized spacial score (nSPS) is 11.3. The van der Waals surface area contributed by atoms with Gasteiger partial charge in [-0.05, 0) is 18.2 Å². The lowest BCUT2D eigenvalue weighted by Crippen LogP contribution is -2.13. The van der Waals surface area contributed by atoms with E-state index in [1.807, 2.05) is 6.07 Å². The smallest absolute Gasteiger partial charge is 0.175 e. The summed E-state index contributed by atoms with van der Waals surface area (Å²) in [5, 5.41) is 3.02. The number of nitrogens with two attached hydrogens (primary N) is 1. The van der Waals surface area contributed by atoms with Gasteiger partial charge in [0, 0.05) is 25.0 Å². The number of anilines is 1. The maximum atomic E-state index is 11.2. The van der Waals surface area contributed by atoms with Crippen molar-refractivity contribution < 1.29 is 8.42 Å². The predicted octanol–water partition coefficient (Wildman–Crippen LogP) is 0.461. The number of hydrogen-bond donors (Lipinski definition) is 2. The molecule has 1 rings (SSSR count). The topological polar surface area (TPSA) is 72.2 Å². The summed E-state index contributed by atoms with van der Waals surface area (Å²) in [6, 6.07) is 6.69. The third-order valence-electron chi connectivity index (χ3n) is 1.74. The molecule has 1 aromatic rings. The first kappa shape index (κ1) is 11.0. The molecule has 0 saturated carbocycles. The number of rotatable bonds is 4. The molecule has 0 aromatic heterocycles. The maximum absolute atomic E-state index is 11.2. The molecule has 4 nitrogen and oxygen atoms in total. The van der Waals surface area contributed by atoms with Crippen molar-refractivity contribution in [3.05, 3.63) is 24.3 Å². The first-order valence-electron chi connectivity index (χ1n) is 4.28. The van der Waals surface area contributed by atoms with Gasteiger partial charge >= 0.3 is 0 Å². The zero-order valence-corrected chi connectivity index (χ0v) is 8.84. The van der Waals surface area contributed by atoms with E-state index in [0.717, 1.165) is 5.69 Å². The van der Waals surface area contributed by atoms with Crippen molar-refractivity contribution in [3.63, 3.8) is 0 Å². The molecular weight excluding hydrogens is 200 g/mol. The second-order valence-electron chi connectivity index (χ2n) is 3.02. The van der Waals surface area contributed by atoms with E-state index in [2.05, 4.69) is 5.32 Å². The van der Waals surface area contributed by atoms with Gasteiger partial charge < -0.3 is 11.1 Å². The van der Waals surface area contributed by atoms with Gasteiger partial charge in [-0.25, -0.2) is 8.42 Å². The lowest BCUT2D eigenvalue weighted by molar-refractivity contribution is 0.602. The van der Waals surface area contributed by atoms with Crippen molar-refractivity contribution in [2.45, 2.75) is 4.90 Å². The van der Waals surface area contributed by atoms with E-state index >= 15 is 0 Å². The Kier molecular flexibility index (Phi) is 3.49. The van der Waals surface area contributed by atoms with Crippen LogP contribution in [0.5, 0.6) is 0 Å². The quantitative estimate of drug-likeness (QED) is 0.763. The van der Waals surface area contributed by atoms with Crippen LogP contribution in [-0.4, -0.2) is 27.8 Å². The van der Waals surface area contributed by atoms with Gasteiger partial charge in [0.05, 0.1) is 4.90 Å². The van der Waals surface area contributed by atoms with Gasteiger partial charge in [-0.15, -0.1) is 0 Å². The highest BCUT2D eigenvalue weighted by atomic mass is 32.2. The molecule has 0 heterocycles. The van der Waals surface area contributed by atoms with Crippen LogP contribution in [-0.2, 0) is 9.84 Å². The van der Waals surface area contributed by atoms with E-state index < -0.39 is 9.84 Å². The zero-order valence-electron chi connectivity index (χ0n) is 8.03. The number of benzene rings is 1. The largest absolute Gasteiger partial charge is 0.384 e. The van der Waals surface area contributed by atoms with E-state index in [1.165, 1.54) is 6.26 Å². The SMILES string of the molecule is CS(=O)(=O)c1cccc(NCCN)c1. The van der Waals surface area contributed by atoms with E-state index in [1.54, 1.807) is 18.2 Å². The van der Waals surface area contributed by atoms with Crippen LogP contribution in [0.15, 0.2) is 29.2 Å². The summed E-state index contributed by atoms with van der Waals surface area (Å²) in [6.45, 7) is 1.15. The molecule has 0 aliphatic carbocycles. The Morgan fingerprint density at radius 1 is 1.43 bits per heavy atom. The van der Waals surface area contributed by atoms with Gasteiger partial charge in [0.2, 0.25) is 0 Å². The zero-order chi connectivity index (χ0) is 10.6. The lowest BCUT2D eigenvalue weighted by Gasteiger charge is -2.05. The molecule has 0 fully saturated rings. The van der Waals surface area contributed by atoms with Gasteiger partial charge in [0.1, 0.15) is 0 Å². The third kappa shape index (κ3) is 3.01. The monoisotopic (exact) mass is 214 g/mol. The molecule has 0 aliphatic heterocycles. The van der Waals surface area contributed by atoms with Crippen LogP contribution in [0.3, 0.4) is 0 Å². The molecule has 14 heavy (non-hydrogen) atoms. The van der Waals surface area contributed by atoms with Crippen LogP contribution in [0.4, 0.5) is 5.69 Å². The molecule has 0 atom stereocenters. The maximum Gasteiger partial charge on any atom is 0.175 e. The van der Waals surface area contributed by atoms with Crippen molar-refractivity contribution in [1.29, 1.82) is 0 Å². The highest BCUT2D eigenvalue weighted by molar-refractivity contribution is 7.90. The minimum absolute atomic E-state index is 0.319. The standard InChI is InChI=1S/C9H14N2O2S/c1-14(12,13)9-4-2-3-8(7-9)11-6-5-10/h2-4,7,11H,5-6,10H2,1H3. The fraction of sp³-hybridized carbons (Fsp3) is 0.333. The van der Waals surface area contributed by atoms with Crippen LogP contribution in [0.1, 0.15) is 0 Å². The predicted molar refractivity (Wildman–Crippen MR) is 57.1 cm³/mol. The summed E-state index contributed by atoms with van der Waals surface area (Å²) in [5.41, 5.74) is 6.10. The Hall–Kier alpha value is -1.07. The Labute approximate surface area is 84.0 Å². The van der Waals surface area contributed by atoms with E-state index in [9.17, 15) is 8.42 Å². The van der Waals surface area contributed by atoms with Crippen molar-refractivity contribution in [1.82, 2.24) is 0 Å². The summed E-state index contributed by atoms with van der Waals surface area (Å²) in [5.74, 6) is 0. The minimum Gasteiger partial charge on any atom is -0.384 e. The molecule has 0 saturated heterocycles. The number of nitrogens with one attached hydrogen (secondary N) is 1. The average molecular weight is 214 g/mol. The van der Waals surface area contributed by atoms with Crippen molar-refractivity contribution in [3.8, 4) is 0 Å². The van der Waals surface area contributed by atoms with Crippen LogP contribution in [0.2, 0.25) is 0 Å². The summed E-state index contributed by atoms with van der Waals surface area (Å²) >= 11 is 0. The van der Waals surface area contributed by atoms with Gasteiger partial charge in [0.25, 0.3) is 0 Å². The average Bonchev–Trinajstić information content (AvgIpc) is 2.14. The highest BCUT2D eigenvalue weighted by Crippen LogP contribution is 2.14. The molecule has 0 spiro atoms. The minimum atomic E-state index is -3.12. The summed E-state index contributed by atoms with van der Waals surface area (Å²) in [4.78, 5) is 0.319. The second kappa shape index (κ2) is 4.43. The Balaban J connectivity index is 2.90. The van der Waals surface area contributed by atoms with Gasteiger partial charge in [-0.2, -0.15) is 0 Å². The Morgan fingerprint density at radius 3 is 2.71 bits per heavy atom. The highest BCUT2D eigenvalue weighted by Gasteiger charge is 2.06. The molecule has 5 heteroatoms. The number of hydrogen-bond acceptors (Lipinski definition) is 4.